The number of hydrogen-bond donors (Lipinski definition) is 1. The van der Waals surface area contributed by atoms with Crippen LogP contribution >= 0.6 is 0 Å². The predicted octanol–water partition coefficient (Wildman–Crippen LogP) is 2.75. The maximum Gasteiger partial charge on any atom is 0.107 e. The largest absolute Gasteiger partial charge is 0.330 e. The summed E-state index contributed by atoms with van der Waals surface area (Å²) in [6.07, 6.45) is 3.91. The second kappa shape index (κ2) is 4.94. The van der Waals surface area contributed by atoms with Crippen molar-refractivity contribution >= 4 is 0 Å². The Morgan fingerprint density at radius 3 is 2.23 bits per heavy atom. The third-order valence-corrected chi connectivity index (χ3v) is 3.39. The minimum absolute atomic E-state index is 0.0723. The number of alkyl halides is 1. The average molecular weight is 187 g/mol. The highest BCUT2D eigenvalue weighted by Crippen LogP contribution is 2.34. The van der Waals surface area contributed by atoms with E-state index in [1.807, 2.05) is 0 Å². The van der Waals surface area contributed by atoms with Crippen molar-refractivity contribution in [3.63, 3.8) is 0 Å². The highest BCUT2D eigenvalue weighted by Gasteiger charge is 2.32. The van der Waals surface area contributed by atoms with Gasteiger partial charge in [0.25, 0.3) is 0 Å². The lowest BCUT2D eigenvalue weighted by atomic mass is 9.84. The average Bonchev–Trinajstić information content (AvgIpc) is 2.56. The summed E-state index contributed by atoms with van der Waals surface area (Å²) in [5.74, 6) is 0.750. The molecule has 2 N–H and O–H groups in total. The minimum atomic E-state index is -0.660. The smallest absolute Gasteiger partial charge is 0.107 e. The molecule has 0 aromatic heterocycles. The van der Waals surface area contributed by atoms with Gasteiger partial charge in [0.15, 0.2) is 0 Å². The molecule has 2 unspecified atom stereocenters. The van der Waals surface area contributed by atoms with Gasteiger partial charge in [0, 0.05) is 5.92 Å². The van der Waals surface area contributed by atoms with Crippen LogP contribution < -0.4 is 5.73 Å². The van der Waals surface area contributed by atoms with Gasteiger partial charge in [-0.2, -0.15) is 0 Å². The predicted molar refractivity (Wildman–Crippen MR) is 54.2 cm³/mol. The number of halogens is 1. The van der Waals surface area contributed by atoms with E-state index in [1.54, 1.807) is 0 Å². The van der Waals surface area contributed by atoms with Crippen molar-refractivity contribution in [1.82, 2.24) is 0 Å². The Morgan fingerprint density at radius 2 is 1.85 bits per heavy atom. The molecule has 1 aliphatic carbocycles. The van der Waals surface area contributed by atoms with E-state index in [-0.39, 0.29) is 5.92 Å². The van der Waals surface area contributed by atoms with E-state index < -0.39 is 6.17 Å². The second-order valence-electron chi connectivity index (χ2n) is 4.63. The Morgan fingerprint density at radius 1 is 1.31 bits per heavy atom. The number of nitrogens with two attached hydrogens (primary N) is 1. The van der Waals surface area contributed by atoms with E-state index in [4.69, 9.17) is 5.73 Å². The monoisotopic (exact) mass is 187 g/mol. The standard InChI is InChI=1S/C11H22FN/c1-8(2)10(7-13)11(12)9-5-3-4-6-9/h8-11H,3-7,13H2,1-2H3. The van der Waals surface area contributed by atoms with Gasteiger partial charge >= 0.3 is 0 Å². The molecule has 2 atom stereocenters. The van der Waals surface area contributed by atoms with Crippen LogP contribution in [-0.2, 0) is 0 Å². The fourth-order valence-electron chi connectivity index (χ4n) is 2.40. The van der Waals surface area contributed by atoms with Crippen LogP contribution in [0, 0.1) is 17.8 Å². The first-order chi connectivity index (χ1) is 6.16. The molecule has 1 aliphatic rings. The first-order valence-corrected chi connectivity index (χ1v) is 5.51. The molecule has 13 heavy (non-hydrogen) atoms. The van der Waals surface area contributed by atoms with Crippen LogP contribution in [0.25, 0.3) is 0 Å². The highest BCUT2D eigenvalue weighted by molar-refractivity contribution is 4.82. The first-order valence-electron chi connectivity index (χ1n) is 5.51. The van der Waals surface area contributed by atoms with Crippen LogP contribution in [0.1, 0.15) is 39.5 Å². The lowest BCUT2D eigenvalue weighted by Gasteiger charge is -2.27. The third kappa shape index (κ3) is 2.67. The van der Waals surface area contributed by atoms with E-state index >= 15 is 0 Å². The SMILES string of the molecule is CC(C)C(CN)C(F)C1CCCC1. The van der Waals surface area contributed by atoms with Gasteiger partial charge in [0.2, 0.25) is 0 Å². The molecule has 1 rings (SSSR count). The fraction of sp³-hybridized carbons (Fsp3) is 1.00. The van der Waals surface area contributed by atoms with Crippen LogP contribution in [0.2, 0.25) is 0 Å². The van der Waals surface area contributed by atoms with Gasteiger partial charge in [-0.05, 0) is 31.2 Å². The first kappa shape index (κ1) is 11.0. The molecule has 0 saturated heterocycles. The summed E-state index contributed by atoms with van der Waals surface area (Å²) in [5.41, 5.74) is 5.60. The second-order valence-corrected chi connectivity index (χ2v) is 4.63. The molecular weight excluding hydrogens is 165 g/mol. The molecule has 0 heterocycles. The Kier molecular flexibility index (Phi) is 4.17. The lowest BCUT2D eigenvalue weighted by molar-refractivity contribution is 0.123. The zero-order chi connectivity index (χ0) is 9.84. The summed E-state index contributed by atoms with van der Waals surface area (Å²) in [5, 5.41) is 0. The summed E-state index contributed by atoms with van der Waals surface area (Å²) in [6, 6.07) is 0. The normalized spacial score (nSPS) is 23.8. The molecule has 0 radical (unpaired) electrons. The molecular formula is C11H22FN. The van der Waals surface area contributed by atoms with Crippen molar-refractivity contribution in [3.8, 4) is 0 Å². The Bertz CT molecular complexity index is 141. The fourth-order valence-corrected chi connectivity index (χ4v) is 2.40. The van der Waals surface area contributed by atoms with Crippen molar-refractivity contribution in [2.75, 3.05) is 6.54 Å². The summed E-state index contributed by atoms with van der Waals surface area (Å²) < 4.78 is 13.9. The van der Waals surface area contributed by atoms with Crippen molar-refractivity contribution < 1.29 is 4.39 Å². The summed E-state index contributed by atoms with van der Waals surface area (Å²) in [6.45, 7) is 4.63. The molecule has 0 aliphatic heterocycles. The van der Waals surface area contributed by atoms with Crippen molar-refractivity contribution in [1.29, 1.82) is 0 Å². The van der Waals surface area contributed by atoms with Crippen LogP contribution in [0.5, 0.6) is 0 Å². The van der Waals surface area contributed by atoms with E-state index in [2.05, 4.69) is 13.8 Å². The zero-order valence-corrected chi connectivity index (χ0v) is 8.80. The molecule has 0 aromatic rings. The van der Waals surface area contributed by atoms with Crippen LogP contribution in [0.15, 0.2) is 0 Å². The van der Waals surface area contributed by atoms with Gasteiger partial charge in [-0.15, -0.1) is 0 Å². The lowest BCUT2D eigenvalue weighted by Crippen LogP contribution is -2.33. The molecule has 0 spiro atoms. The van der Waals surface area contributed by atoms with Crippen molar-refractivity contribution in [2.45, 2.75) is 45.7 Å². The topological polar surface area (TPSA) is 26.0 Å². The quantitative estimate of drug-likeness (QED) is 0.719. The minimum Gasteiger partial charge on any atom is -0.330 e. The molecule has 78 valence electrons. The third-order valence-electron chi connectivity index (χ3n) is 3.39. The van der Waals surface area contributed by atoms with Crippen LogP contribution in [0.3, 0.4) is 0 Å². The molecule has 2 heteroatoms. The van der Waals surface area contributed by atoms with Gasteiger partial charge in [0.05, 0.1) is 0 Å². The van der Waals surface area contributed by atoms with E-state index in [0.717, 1.165) is 12.8 Å². The molecule has 1 saturated carbocycles. The van der Waals surface area contributed by atoms with Crippen molar-refractivity contribution in [2.24, 2.45) is 23.5 Å². The number of hydrogen-bond acceptors (Lipinski definition) is 1. The van der Waals surface area contributed by atoms with E-state index in [9.17, 15) is 4.39 Å². The Balaban J connectivity index is 2.46. The van der Waals surface area contributed by atoms with Gasteiger partial charge in [-0.25, -0.2) is 4.39 Å². The van der Waals surface area contributed by atoms with Crippen LogP contribution in [-0.4, -0.2) is 12.7 Å². The van der Waals surface area contributed by atoms with E-state index in [1.165, 1.54) is 12.8 Å². The Hall–Kier alpha value is -0.110. The zero-order valence-electron chi connectivity index (χ0n) is 8.80. The molecule has 0 amide bonds. The van der Waals surface area contributed by atoms with Gasteiger partial charge in [-0.1, -0.05) is 26.7 Å². The molecule has 1 fully saturated rings. The number of rotatable bonds is 4. The van der Waals surface area contributed by atoms with E-state index in [0.29, 0.717) is 18.4 Å². The summed E-state index contributed by atoms with van der Waals surface area (Å²) in [7, 11) is 0. The van der Waals surface area contributed by atoms with Crippen molar-refractivity contribution in [3.05, 3.63) is 0 Å². The van der Waals surface area contributed by atoms with Gasteiger partial charge in [0.1, 0.15) is 6.17 Å². The molecule has 0 aromatic carbocycles. The summed E-state index contributed by atoms with van der Waals surface area (Å²) in [4.78, 5) is 0. The van der Waals surface area contributed by atoms with Crippen LogP contribution in [0.4, 0.5) is 4.39 Å². The summed E-state index contributed by atoms with van der Waals surface area (Å²) >= 11 is 0. The van der Waals surface area contributed by atoms with Gasteiger partial charge in [-0.3, -0.25) is 0 Å². The van der Waals surface area contributed by atoms with Gasteiger partial charge < -0.3 is 5.73 Å². The maximum absolute atomic E-state index is 13.9. The highest BCUT2D eigenvalue weighted by atomic mass is 19.1. The molecule has 1 nitrogen and oxygen atoms in total. The maximum atomic E-state index is 13.9. The Labute approximate surface area is 80.9 Å². The molecule has 0 bridgehead atoms.